The smallest absolute Gasteiger partial charge is 0.274 e. The number of thioether (sulfide) groups is 1. The Balaban J connectivity index is 2.61. The van der Waals surface area contributed by atoms with Crippen LogP contribution in [0.4, 0.5) is 9.59 Å². The Morgan fingerprint density at radius 1 is 1.18 bits per heavy atom. The highest BCUT2D eigenvalue weighted by atomic mass is 32.2. The van der Waals surface area contributed by atoms with Gasteiger partial charge in [0.15, 0.2) is 0 Å². The van der Waals surface area contributed by atoms with Crippen LogP contribution in [0.15, 0.2) is 24.3 Å². The van der Waals surface area contributed by atoms with Crippen LogP contribution in [-0.2, 0) is 0 Å². The summed E-state index contributed by atoms with van der Waals surface area (Å²) in [5.41, 5.74) is 1.29. The predicted molar refractivity (Wildman–Crippen MR) is 66.1 cm³/mol. The van der Waals surface area contributed by atoms with Gasteiger partial charge in [-0.15, -0.1) is 0 Å². The van der Waals surface area contributed by atoms with Gasteiger partial charge in [0.05, 0.1) is 0 Å². The van der Waals surface area contributed by atoms with Crippen LogP contribution in [0.1, 0.15) is 15.9 Å². The lowest BCUT2D eigenvalue weighted by Gasteiger charge is -2.04. The second kappa shape index (κ2) is 6.05. The molecule has 0 bridgehead atoms. The maximum absolute atomic E-state index is 11.6. The number of rotatable bonds is 1. The first-order valence-electron chi connectivity index (χ1n) is 4.80. The van der Waals surface area contributed by atoms with Crippen molar-refractivity contribution in [2.24, 2.45) is 0 Å². The number of nitrogens with one attached hydrogen (secondary N) is 2. The van der Waals surface area contributed by atoms with Gasteiger partial charge >= 0.3 is 6.03 Å². The maximum Gasteiger partial charge on any atom is 0.329 e. The molecule has 0 saturated heterocycles. The molecule has 0 aliphatic heterocycles. The lowest BCUT2D eigenvalue weighted by Crippen LogP contribution is -2.41. The summed E-state index contributed by atoms with van der Waals surface area (Å²) in [4.78, 5) is 33.7. The van der Waals surface area contributed by atoms with E-state index in [0.717, 1.165) is 17.3 Å². The molecule has 6 heteroatoms. The summed E-state index contributed by atoms with van der Waals surface area (Å²) in [6.07, 6.45) is 1.53. The molecule has 1 aromatic rings. The molecule has 5 nitrogen and oxygen atoms in total. The van der Waals surface area contributed by atoms with E-state index < -0.39 is 17.2 Å². The van der Waals surface area contributed by atoms with Crippen molar-refractivity contribution < 1.29 is 14.4 Å². The molecule has 0 spiro atoms. The summed E-state index contributed by atoms with van der Waals surface area (Å²) in [6, 6.07) is 5.98. The second-order valence-electron chi connectivity index (χ2n) is 3.27. The number of hydrogen-bond acceptors (Lipinski definition) is 4. The van der Waals surface area contributed by atoms with Gasteiger partial charge in [-0.05, 0) is 25.3 Å². The number of urea groups is 1. The summed E-state index contributed by atoms with van der Waals surface area (Å²) in [5, 5.41) is 3.55. The van der Waals surface area contributed by atoms with Crippen LogP contribution >= 0.6 is 11.8 Å². The fourth-order valence-electron chi connectivity index (χ4n) is 1.14. The Hall–Kier alpha value is -1.82. The largest absolute Gasteiger partial charge is 0.329 e. The third-order valence-electron chi connectivity index (χ3n) is 1.91. The summed E-state index contributed by atoms with van der Waals surface area (Å²) in [7, 11) is 0. The lowest BCUT2D eigenvalue weighted by atomic mass is 10.1. The van der Waals surface area contributed by atoms with Crippen molar-refractivity contribution in [2.75, 3.05) is 6.26 Å². The molecule has 90 valence electrons. The molecular weight excluding hydrogens is 240 g/mol. The first-order chi connectivity index (χ1) is 8.02. The average Bonchev–Trinajstić information content (AvgIpc) is 2.28. The van der Waals surface area contributed by atoms with Gasteiger partial charge in [0, 0.05) is 5.56 Å². The van der Waals surface area contributed by atoms with E-state index in [4.69, 9.17) is 0 Å². The summed E-state index contributed by atoms with van der Waals surface area (Å²) < 4.78 is 0. The maximum atomic E-state index is 11.6. The standard InChI is InChI=1S/C11H12N2O3S/c1-7-4-3-5-8(6-7)9(14)12-10(15)13-11(16)17-2/h3-6H,1-2H3,(H2,12,13,14,15,16). The van der Waals surface area contributed by atoms with Gasteiger partial charge in [0.25, 0.3) is 11.1 Å². The van der Waals surface area contributed by atoms with E-state index in [0.29, 0.717) is 5.56 Å². The zero-order valence-corrected chi connectivity index (χ0v) is 10.3. The lowest BCUT2D eigenvalue weighted by molar-refractivity contribution is 0.0965. The van der Waals surface area contributed by atoms with Crippen LogP contribution < -0.4 is 10.6 Å². The number of carbonyl (C=O) groups is 3. The highest BCUT2D eigenvalue weighted by Gasteiger charge is 2.11. The molecule has 17 heavy (non-hydrogen) atoms. The molecule has 2 N–H and O–H groups in total. The minimum absolute atomic E-state index is 0.372. The van der Waals surface area contributed by atoms with E-state index in [1.165, 1.54) is 6.26 Å². The van der Waals surface area contributed by atoms with Crippen molar-refractivity contribution in [1.29, 1.82) is 0 Å². The number of amides is 4. The molecule has 0 atom stereocenters. The van der Waals surface area contributed by atoms with E-state index in [1.807, 2.05) is 18.3 Å². The van der Waals surface area contributed by atoms with Gasteiger partial charge in [0.1, 0.15) is 0 Å². The predicted octanol–water partition coefficient (Wildman–Crippen LogP) is 1.92. The molecule has 0 saturated carbocycles. The van der Waals surface area contributed by atoms with Gasteiger partial charge in [-0.2, -0.15) is 0 Å². The molecule has 0 radical (unpaired) electrons. The van der Waals surface area contributed by atoms with E-state index in [1.54, 1.807) is 18.2 Å². The van der Waals surface area contributed by atoms with Crippen molar-refractivity contribution in [3.05, 3.63) is 35.4 Å². The number of aryl methyl sites for hydroxylation is 1. The van der Waals surface area contributed by atoms with E-state index >= 15 is 0 Å². The Morgan fingerprint density at radius 3 is 2.47 bits per heavy atom. The van der Waals surface area contributed by atoms with Crippen LogP contribution in [-0.4, -0.2) is 23.4 Å². The number of benzene rings is 1. The van der Waals surface area contributed by atoms with Crippen LogP contribution in [0.5, 0.6) is 0 Å². The third kappa shape index (κ3) is 4.28. The summed E-state index contributed by atoms with van der Waals surface area (Å²) >= 11 is 0.856. The van der Waals surface area contributed by atoms with Gasteiger partial charge in [-0.3, -0.25) is 20.2 Å². The van der Waals surface area contributed by atoms with E-state index in [2.05, 4.69) is 5.32 Å². The first kappa shape index (κ1) is 13.2. The van der Waals surface area contributed by atoms with Gasteiger partial charge in [-0.1, -0.05) is 29.5 Å². The molecule has 0 fully saturated rings. The number of hydrogen-bond donors (Lipinski definition) is 2. The fourth-order valence-corrected chi connectivity index (χ4v) is 1.33. The van der Waals surface area contributed by atoms with Crippen LogP contribution in [0.25, 0.3) is 0 Å². The zero-order valence-electron chi connectivity index (χ0n) is 9.44. The first-order valence-corrected chi connectivity index (χ1v) is 6.02. The molecule has 1 rings (SSSR count). The molecule has 4 amide bonds. The molecule has 0 aliphatic rings. The van der Waals surface area contributed by atoms with E-state index in [-0.39, 0.29) is 0 Å². The average molecular weight is 252 g/mol. The van der Waals surface area contributed by atoms with Crippen LogP contribution in [0.2, 0.25) is 0 Å². The van der Waals surface area contributed by atoms with Gasteiger partial charge < -0.3 is 0 Å². The Bertz CT molecular complexity index is 460. The Morgan fingerprint density at radius 2 is 1.88 bits per heavy atom. The van der Waals surface area contributed by atoms with Gasteiger partial charge in [0.2, 0.25) is 0 Å². The van der Waals surface area contributed by atoms with E-state index in [9.17, 15) is 14.4 Å². The topological polar surface area (TPSA) is 75.3 Å². The summed E-state index contributed by atoms with van der Waals surface area (Å²) in [5.74, 6) is -0.542. The monoisotopic (exact) mass is 252 g/mol. The highest BCUT2D eigenvalue weighted by Crippen LogP contribution is 2.03. The highest BCUT2D eigenvalue weighted by molar-refractivity contribution is 8.13. The Labute approximate surface area is 103 Å². The van der Waals surface area contributed by atoms with Crippen LogP contribution in [0.3, 0.4) is 0 Å². The number of carbonyl (C=O) groups excluding carboxylic acids is 3. The van der Waals surface area contributed by atoms with Crippen molar-refractivity contribution in [3.63, 3.8) is 0 Å². The molecular formula is C11H12N2O3S. The molecule has 1 aromatic carbocycles. The van der Waals surface area contributed by atoms with Crippen molar-refractivity contribution in [1.82, 2.24) is 10.6 Å². The molecule has 0 unspecified atom stereocenters. The fraction of sp³-hybridized carbons (Fsp3) is 0.182. The SMILES string of the molecule is CSC(=O)NC(=O)NC(=O)c1cccc(C)c1. The van der Waals surface area contributed by atoms with Crippen molar-refractivity contribution in [2.45, 2.75) is 6.92 Å². The second-order valence-corrected chi connectivity index (χ2v) is 4.05. The van der Waals surface area contributed by atoms with Gasteiger partial charge in [-0.25, -0.2) is 4.79 Å². The van der Waals surface area contributed by atoms with Crippen molar-refractivity contribution in [3.8, 4) is 0 Å². The quantitative estimate of drug-likeness (QED) is 0.800. The zero-order chi connectivity index (χ0) is 12.8. The minimum Gasteiger partial charge on any atom is -0.274 e. The number of imide groups is 2. The normalized spacial score (nSPS) is 9.53. The molecule has 0 heterocycles. The molecule has 0 aliphatic carbocycles. The third-order valence-corrected chi connectivity index (χ3v) is 2.38. The van der Waals surface area contributed by atoms with Crippen LogP contribution in [0, 0.1) is 6.92 Å². The minimum atomic E-state index is -0.823. The van der Waals surface area contributed by atoms with Crippen molar-refractivity contribution >= 4 is 28.9 Å². The Kier molecular flexibility index (Phi) is 4.71. The summed E-state index contributed by atoms with van der Waals surface area (Å²) in [6.45, 7) is 1.84. The molecule has 0 aromatic heterocycles.